The van der Waals surface area contributed by atoms with Crippen LogP contribution in [0.5, 0.6) is 5.75 Å². The van der Waals surface area contributed by atoms with Crippen LogP contribution >= 0.6 is 0 Å². The van der Waals surface area contributed by atoms with Crippen molar-refractivity contribution in [2.24, 2.45) is 0 Å². The second kappa shape index (κ2) is 2.92. The van der Waals surface area contributed by atoms with E-state index in [9.17, 15) is 8.78 Å². The monoisotopic (exact) mass is 174 g/mol. The Kier molecular flexibility index (Phi) is 2.12. The lowest BCUT2D eigenvalue weighted by molar-refractivity contribution is 0.141. The van der Waals surface area contributed by atoms with E-state index in [0.29, 0.717) is 0 Å². The first-order chi connectivity index (χ1) is 5.54. The molecular formula is C7H8F2N2O. The molecule has 3 nitrogen and oxygen atoms in total. The lowest BCUT2D eigenvalue weighted by Crippen LogP contribution is -1.97. The molecule has 1 aromatic heterocycles. The average molecular weight is 174 g/mol. The van der Waals surface area contributed by atoms with Crippen LogP contribution in [0.4, 0.5) is 14.5 Å². The Morgan fingerprint density at radius 2 is 2.17 bits per heavy atom. The molecular weight excluding hydrogens is 166 g/mol. The largest absolute Gasteiger partial charge is 0.505 e. The number of anilines is 1. The second-order valence-corrected chi connectivity index (χ2v) is 2.37. The molecule has 0 atom stereocenters. The molecule has 3 N–H and O–H groups in total. The Balaban J connectivity index is 3.27. The predicted molar refractivity (Wildman–Crippen MR) is 40.0 cm³/mol. The van der Waals surface area contributed by atoms with Crippen molar-refractivity contribution in [2.45, 2.75) is 13.3 Å². The fraction of sp³-hybridized carbons (Fsp3) is 0.286. The summed E-state index contributed by atoms with van der Waals surface area (Å²) < 4.78 is 24.2. The minimum Gasteiger partial charge on any atom is -0.505 e. The quantitative estimate of drug-likeness (QED) is 0.680. The molecule has 1 rings (SSSR count). The highest BCUT2D eigenvalue weighted by atomic mass is 19.3. The molecule has 0 radical (unpaired) electrons. The average Bonchev–Trinajstić information content (AvgIpc) is 2.00. The molecule has 0 aromatic carbocycles. The van der Waals surface area contributed by atoms with Crippen LogP contribution in [-0.4, -0.2) is 10.1 Å². The predicted octanol–water partition coefficient (Wildman–Crippen LogP) is 1.62. The lowest BCUT2D eigenvalue weighted by atomic mass is 10.2. The first-order valence-corrected chi connectivity index (χ1v) is 3.26. The summed E-state index contributed by atoms with van der Waals surface area (Å²) in [6.45, 7) is 1.46. The smallest absolute Gasteiger partial charge is 0.284 e. The molecule has 0 amide bonds. The number of alkyl halides is 2. The number of hydrogen-bond acceptors (Lipinski definition) is 3. The Morgan fingerprint density at radius 3 is 2.67 bits per heavy atom. The van der Waals surface area contributed by atoms with E-state index < -0.39 is 17.9 Å². The summed E-state index contributed by atoms with van der Waals surface area (Å²) in [6.07, 6.45) is -1.67. The zero-order valence-corrected chi connectivity index (χ0v) is 6.38. The van der Waals surface area contributed by atoms with Gasteiger partial charge < -0.3 is 10.8 Å². The number of rotatable bonds is 1. The third-order valence-corrected chi connectivity index (χ3v) is 1.58. The molecule has 0 bridgehead atoms. The maximum Gasteiger partial charge on any atom is 0.284 e. The Labute approximate surface area is 67.8 Å². The molecule has 0 unspecified atom stereocenters. The lowest BCUT2D eigenvalue weighted by Gasteiger charge is -2.06. The van der Waals surface area contributed by atoms with E-state index in [1.807, 2.05) is 0 Å². The third kappa shape index (κ3) is 1.30. The first-order valence-electron chi connectivity index (χ1n) is 3.26. The van der Waals surface area contributed by atoms with E-state index in [-0.39, 0.29) is 11.3 Å². The molecule has 1 aromatic rings. The van der Waals surface area contributed by atoms with Crippen LogP contribution < -0.4 is 5.73 Å². The number of aromatic nitrogens is 1. The standard InChI is InChI=1S/C7H8F2N2O/c1-3-4(10)2-11-5(6(3)12)7(8)9/h2,7,12H,10H2,1H3. The van der Waals surface area contributed by atoms with Gasteiger partial charge in [-0.1, -0.05) is 0 Å². The fourth-order valence-electron chi connectivity index (χ4n) is 0.786. The van der Waals surface area contributed by atoms with Crippen molar-refractivity contribution in [2.75, 3.05) is 5.73 Å². The number of hydrogen-bond donors (Lipinski definition) is 2. The molecule has 1 heterocycles. The van der Waals surface area contributed by atoms with Gasteiger partial charge in [0, 0.05) is 5.56 Å². The van der Waals surface area contributed by atoms with Gasteiger partial charge in [-0.15, -0.1) is 0 Å². The summed E-state index contributed by atoms with van der Waals surface area (Å²) >= 11 is 0. The third-order valence-electron chi connectivity index (χ3n) is 1.58. The maximum atomic E-state index is 12.1. The zero-order chi connectivity index (χ0) is 9.30. The SMILES string of the molecule is Cc1c(N)cnc(C(F)F)c1O. The van der Waals surface area contributed by atoms with Gasteiger partial charge in [-0.05, 0) is 6.92 Å². The van der Waals surface area contributed by atoms with Gasteiger partial charge >= 0.3 is 0 Å². The Morgan fingerprint density at radius 1 is 1.58 bits per heavy atom. The van der Waals surface area contributed by atoms with Crippen molar-refractivity contribution in [1.29, 1.82) is 0 Å². The summed E-state index contributed by atoms with van der Waals surface area (Å²) in [5, 5.41) is 9.13. The van der Waals surface area contributed by atoms with Crippen LogP contribution in [0.2, 0.25) is 0 Å². The van der Waals surface area contributed by atoms with Crippen LogP contribution in [0.25, 0.3) is 0 Å². The van der Waals surface area contributed by atoms with Gasteiger partial charge in [0.1, 0.15) is 11.4 Å². The summed E-state index contributed by atoms with van der Waals surface area (Å²) in [6, 6.07) is 0. The number of aromatic hydroxyl groups is 1. The van der Waals surface area contributed by atoms with Crippen LogP contribution in [0, 0.1) is 6.92 Å². The van der Waals surface area contributed by atoms with Crippen LogP contribution in [0.3, 0.4) is 0 Å². The summed E-state index contributed by atoms with van der Waals surface area (Å²) in [5.74, 6) is -0.523. The van der Waals surface area contributed by atoms with Crippen LogP contribution in [0.15, 0.2) is 6.20 Å². The first kappa shape index (κ1) is 8.70. The number of nitrogens with zero attached hydrogens (tertiary/aromatic N) is 1. The summed E-state index contributed by atoms with van der Waals surface area (Å²) in [4.78, 5) is 3.31. The van der Waals surface area contributed by atoms with Gasteiger partial charge in [0.15, 0.2) is 0 Å². The Hall–Kier alpha value is -1.39. The molecule has 5 heteroatoms. The van der Waals surface area contributed by atoms with Gasteiger partial charge in [-0.3, -0.25) is 0 Å². The van der Waals surface area contributed by atoms with Gasteiger partial charge in [-0.2, -0.15) is 0 Å². The molecule has 66 valence electrons. The van der Waals surface area contributed by atoms with Crippen LogP contribution in [-0.2, 0) is 0 Å². The number of pyridine rings is 1. The van der Waals surface area contributed by atoms with E-state index >= 15 is 0 Å². The van der Waals surface area contributed by atoms with Gasteiger partial charge in [0.2, 0.25) is 0 Å². The molecule has 0 saturated carbocycles. The summed E-state index contributed by atoms with van der Waals surface area (Å²) in [7, 11) is 0. The van der Waals surface area contributed by atoms with E-state index in [4.69, 9.17) is 10.8 Å². The van der Waals surface area contributed by atoms with E-state index in [0.717, 1.165) is 6.20 Å². The highest BCUT2D eigenvalue weighted by molar-refractivity contribution is 5.52. The van der Waals surface area contributed by atoms with Crippen molar-refractivity contribution in [3.63, 3.8) is 0 Å². The molecule has 0 aliphatic heterocycles. The van der Waals surface area contributed by atoms with Gasteiger partial charge in [0.25, 0.3) is 6.43 Å². The minimum atomic E-state index is -2.77. The molecule has 0 aliphatic rings. The molecule has 0 aliphatic carbocycles. The topological polar surface area (TPSA) is 59.1 Å². The highest BCUT2D eigenvalue weighted by Gasteiger charge is 2.16. The zero-order valence-electron chi connectivity index (χ0n) is 6.38. The van der Waals surface area contributed by atoms with Crippen LogP contribution in [0.1, 0.15) is 17.7 Å². The maximum absolute atomic E-state index is 12.1. The van der Waals surface area contributed by atoms with E-state index in [1.165, 1.54) is 6.92 Å². The van der Waals surface area contributed by atoms with E-state index in [1.54, 1.807) is 0 Å². The number of halogens is 2. The van der Waals surface area contributed by atoms with Crippen molar-refractivity contribution in [1.82, 2.24) is 4.98 Å². The number of nitrogens with two attached hydrogens (primary N) is 1. The summed E-state index contributed by atoms with van der Waals surface area (Å²) in [5.41, 5.74) is 5.14. The molecule has 0 saturated heterocycles. The van der Waals surface area contributed by atoms with Gasteiger partial charge in [-0.25, -0.2) is 13.8 Å². The minimum absolute atomic E-state index is 0.205. The van der Waals surface area contributed by atoms with Crippen molar-refractivity contribution in [3.8, 4) is 5.75 Å². The number of nitrogen functional groups attached to an aromatic ring is 1. The van der Waals surface area contributed by atoms with Gasteiger partial charge in [0.05, 0.1) is 11.9 Å². The van der Waals surface area contributed by atoms with Crippen molar-refractivity contribution in [3.05, 3.63) is 17.5 Å². The highest BCUT2D eigenvalue weighted by Crippen LogP contribution is 2.31. The van der Waals surface area contributed by atoms with Crippen molar-refractivity contribution < 1.29 is 13.9 Å². The van der Waals surface area contributed by atoms with E-state index in [2.05, 4.69) is 4.98 Å². The van der Waals surface area contributed by atoms with Crippen molar-refractivity contribution >= 4 is 5.69 Å². The Bertz CT molecular complexity index is 302. The second-order valence-electron chi connectivity index (χ2n) is 2.37. The normalized spacial score (nSPS) is 10.7. The fourth-order valence-corrected chi connectivity index (χ4v) is 0.786. The molecule has 0 fully saturated rings. The molecule has 12 heavy (non-hydrogen) atoms. The molecule has 0 spiro atoms.